The van der Waals surface area contributed by atoms with E-state index in [2.05, 4.69) is 5.32 Å². The molecule has 0 heterocycles. The van der Waals surface area contributed by atoms with Gasteiger partial charge in [-0.3, -0.25) is 13.9 Å². The molecule has 0 spiro atoms. The monoisotopic (exact) mass is 601 g/mol. The normalized spacial score (nSPS) is 11.9. The highest BCUT2D eigenvalue weighted by molar-refractivity contribution is 7.92. The molecule has 4 rings (SSSR count). The van der Waals surface area contributed by atoms with Crippen molar-refractivity contribution in [3.8, 4) is 0 Å². The maximum atomic E-state index is 14.3. The molecule has 7 nitrogen and oxygen atoms in total. The number of sulfonamides is 1. The summed E-state index contributed by atoms with van der Waals surface area (Å²) in [6.45, 7) is 3.85. The number of rotatable bonds is 13. The molecular weight excluding hydrogens is 565 g/mol. The van der Waals surface area contributed by atoms with Crippen molar-refractivity contribution in [1.82, 2.24) is 10.2 Å². The molecule has 0 saturated heterocycles. The number of carbonyl (C=O) groups is 2. The van der Waals surface area contributed by atoms with Gasteiger partial charge in [-0.1, -0.05) is 85.3 Å². The Morgan fingerprint density at radius 1 is 0.837 bits per heavy atom. The maximum absolute atomic E-state index is 14.3. The van der Waals surface area contributed by atoms with Crippen LogP contribution in [0.1, 0.15) is 30.0 Å². The molecule has 0 aliphatic heterocycles. The van der Waals surface area contributed by atoms with Crippen LogP contribution in [-0.2, 0) is 32.6 Å². The second-order valence-electron chi connectivity index (χ2n) is 10.3. The minimum Gasteiger partial charge on any atom is -0.354 e. The van der Waals surface area contributed by atoms with Crippen LogP contribution in [0.4, 0.5) is 10.1 Å². The van der Waals surface area contributed by atoms with E-state index >= 15 is 0 Å². The summed E-state index contributed by atoms with van der Waals surface area (Å²) in [6, 6.07) is 28.9. The van der Waals surface area contributed by atoms with E-state index in [0.29, 0.717) is 13.0 Å². The third-order valence-corrected chi connectivity index (χ3v) is 8.77. The summed E-state index contributed by atoms with van der Waals surface area (Å²) in [5.74, 6) is -1.45. The Bertz CT molecular complexity index is 1610. The lowest BCUT2D eigenvalue weighted by atomic mass is 10.0. The number of anilines is 1. The molecule has 43 heavy (non-hydrogen) atoms. The van der Waals surface area contributed by atoms with Crippen LogP contribution in [0.5, 0.6) is 0 Å². The number of benzene rings is 4. The van der Waals surface area contributed by atoms with Gasteiger partial charge in [0.2, 0.25) is 11.8 Å². The molecule has 0 radical (unpaired) electrons. The zero-order chi connectivity index (χ0) is 30.8. The van der Waals surface area contributed by atoms with Crippen molar-refractivity contribution in [2.45, 2.75) is 44.2 Å². The van der Waals surface area contributed by atoms with Crippen molar-refractivity contribution in [3.05, 3.63) is 132 Å². The third kappa shape index (κ3) is 8.29. The topological polar surface area (TPSA) is 86.8 Å². The van der Waals surface area contributed by atoms with Crippen molar-refractivity contribution in [2.24, 2.45) is 0 Å². The van der Waals surface area contributed by atoms with Crippen LogP contribution in [-0.4, -0.2) is 44.3 Å². The molecule has 0 aliphatic rings. The highest BCUT2D eigenvalue weighted by atomic mass is 32.2. The summed E-state index contributed by atoms with van der Waals surface area (Å²) < 4.78 is 42.5. The number of nitrogens with zero attached hydrogens (tertiary/aromatic N) is 2. The second kappa shape index (κ2) is 14.6. The lowest BCUT2D eigenvalue weighted by Gasteiger charge is -2.34. The Labute approximate surface area is 253 Å². The largest absolute Gasteiger partial charge is 0.354 e. The van der Waals surface area contributed by atoms with Gasteiger partial charge in [-0.2, -0.15) is 0 Å². The highest BCUT2D eigenvalue weighted by Crippen LogP contribution is 2.25. The van der Waals surface area contributed by atoms with Gasteiger partial charge < -0.3 is 10.2 Å². The fourth-order valence-corrected chi connectivity index (χ4v) is 6.20. The van der Waals surface area contributed by atoms with E-state index in [0.717, 1.165) is 33.1 Å². The molecule has 0 fully saturated rings. The number of hydrogen-bond donors (Lipinski definition) is 1. The van der Waals surface area contributed by atoms with Crippen LogP contribution >= 0.6 is 0 Å². The lowest BCUT2D eigenvalue weighted by Crippen LogP contribution is -2.53. The van der Waals surface area contributed by atoms with Crippen LogP contribution in [0.2, 0.25) is 0 Å². The Balaban J connectivity index is 1.78. The first kappa shape index (κ1) is 31.4. The summed E-state index contributed by atoms with van der Waals surface area (Å²) in [7, 11) is -4.28. The Morgan fingerprint density at radius 3 is 2.09 bits per heavy atom. The lowest BCUT2D eigenvalue weighted by molar-refractivity contribution is -0.140. The molecule has 2 amide bonds. The summed E-state index contributed by atoms with van der Waals surface area (Å²) >= 11 is 0. The molecule has 4 aromatic carbocycles. The summed E-state index contributed by atoms with van der Waals surface area (Å²) in [4.78, 5) is 29.3. The number of amides is 2. The number of aryl methyl sites for hydroxylation is 1. The van der Waals surface area contributed by atoms with Gasteiger partial charge in [-0.25, -0.2) is 12.8 Å². The zero-order valence-corrected chi connectivity index (χ0v) is 25.1. The number of halogens is 1. The minimum absolute atomic E-state index is 0.0940. The number of carbonyl (C=O) groups excluding carboxylic acids is 2. The van der Waals surface area contributed by atoms with Crippen LogP contribution in [0, 0.1) is 12.7 Å². The van der Waals surface area contributed by atoms with E-state index in [-0.39, 0.29) is 29.5 Å². The van der Waals surface area contributed by atoms with Gasteiger partial charge in [-0.05, 0) is 60.9 Å². The SMILES string of the molecule is CCCNC(=O)[C@@H](Cc1ccccc1)N(Cc1cccc(C)c1)C(=O)CN(c1ccccc1)S(=O)(=O)c1ccc(F)cc1. The maximum Gasteiger partial charge on any atom is 0.264 e. The molecule has 4 aromatic rings. The van der Waals surface area contributed by atoms with Crippen molar-refractivity contribution in [3.63, 3.8) is 0 Å². The van der Waals surface area contributed by atoms with E-state index in [1.165, 1.54) is 17.0 Å². The summed E-state index contributed by atoms with van der Waals surface area (Å²) in [5.41, 5.74) is 2.93. The van der Waals surface area contributed by atoms with Crippen LogP contribution in [0.25, 0.3) is 0 Å². The molecule has 1 N–H and O–H groups in total. The molecule has 9 heteroatoms. The Morgan fingerprint density at radius 2 is 1.47 bits per heavy atom. The van der Waals surface area contributed by atoms with Gasteiger partial charge in [0.25, 0.3) is 10.0 Å². The zero-order valence-electron chi connectivity index (χ0n) is 24.3. The second-order valence-corrected chi connectivity index (χ2v) is 12.2. The van der Waals surface area contributed by atoms with Gasteiger partial charge in [0.1, 0.15) is 18.4 Å². The van der Waals surface area contributed by atoms with Crippen molar-refractivity contribution < 1.29 is 22.4 Å². The van der Waals surface area contributed by atoms with Crippen molar-refractivity contribution >= 4 is 27.5 Å². The highest BCUT2D eigenvalue weighted by Gasteiger charge is 2.34. The molecule has 1 atom stereocenters. The molecule has 0 aromatic heterocycles. The number of nitrogens with one attached hydrogen (secondary N) is 1. The van der Waals surface area contributed by atoms with Gasteiger partial charge in [-0.15, -0.1) is 0 Å². The first-order valence-corrected chi connectivity index (χ1v) is 15.6. The standard InChI is InChI=1S/C34H36FN3O4S/c1-3-21-36-34(40)32(23-27-12-6-4-7-13-27)37(24-28-14-10-11-26(2)22-28)33(39)25-38(30-15-8-5-9-16-30)43(41,42)31-19-17-29(35)18-20-31/h4-20,22,32H,3,21,23-25H2,1-2H3,(H,36,40)/t32-/m1/s1. The number of para-hydroxylation sites is 1. The Hall–Kier alpha value is -4.50. The predicted octanol–water partition coefficient (Wildman–Crippen LogP) is 5.50. The van der Waals surface area contributed by atoms with Crippen molar-refractivity contribution in [2.75, 3.05) is 17.4 Å². The van der Waals surface area contributed by atoms with E-state index in [1.54, 1.807) is 30.3 Å². The van der Waals surface area contributed by atoms with Crippen LogP contribution in [0.3, 0.4) is 0 Å². The van der Waals surface area contributed by atoms with E-state index in [1.807, 2.05) is 68.4 Å². The van der Waals surface area contributed by atoms with Gasteiger partial charge in [0.15, 0.2) is 0 Å². The quantitative estimate of drug-likeness (QED) is 0.219. The van der Waals surface area contributed by atoms with Gasteiger partial charge >= 0.3 is 0 Å². The summed E-state index contributed by atoms with van der Waals surface area (Å²) in [5, 5.41) is 2.93. The molecule has 0 bridgehead atoms. The molecule has 224 valence electrons. The molecular formula is C34H36FN3O4S. The molecule has 0 saturated carbocycles. The minimum atomic E-state index is -4.28. The predicted molar refractivity (Wildman–Crippen MR) is 166 cm³/mol. The van der Waals surface area contributed by atoms with E-state index < -0.39 is 34.3 Å². The number of hydrogen-bond acceptors (Lipinski definition) is 4. The van der Waals surface area contributed by atoms with Gasteiger partial charge in [0.05, 0.1) is 10.6 Å². The fraction of sp³-hybridized carbons (Fsp3) is 0.235. The third-order valence-electron chi connectivity index (χ3n) is 6.98. The van der Waals surface area contributed by atoms with Crippen molar-refractivity contribution in [1.29, 1.82) is 0 Å². The van der Waals surface area contributed by atoms with E-state index in [9.17, 15) is 22.4 Å². The Kier molecular flexibility index (Phi) is 10.7. The van der Waals surface area contributed by atoms with E-state index in [4.69, 9.17) is 0 Å². The average molecular weight is 602 g/mol. The molecule has 0 aliphatic carbocycles. The average Bonchev–Trinajstić information content (AvgIpc) is 3.01. The first-order chi connectivity index (χ1) is 20.7. The summed E-state index contributed by atoms with van der Waals surface area (Å²) in [6.07, 6.45) is 0.956. The first-order valence-electron chi connectivity index (χ1n) is 14.2. The fourth-order valence-electron chi connectivity index (χ4n) is 4.78. The van der Waals surface area contributed by atoms with Crippen LogP contribution in [0.15, 0.2) is 114 Å². The molecule has 0 unspecified atom stereocenters. The smallest absolute Gasteiger partial charge is 0.264 e. The van der Waals surface area contributed by atoms with Gasteiger partial charge in [0, 0.05) is 19.5 Å². The van der Waals surface area contributed by atoms with Crippen LogP contribution < -0.4 is 9.62 Å².